The van der Waals surface area contributed by atoms with Crippen LogP contribution in [0.2, 0.25) is 0 Å². The van der Waals surface area contributed by atoms with Crippen LogP contribution in [-0.4, -0.2) is 0 Å². The smallest absolute Gasteiger partial charge is 0.0356 e. The predicted octanol–water partition coefficient (Wildman–Crippen LogP) is 3.41. The molecule has 10 heavy (non-hydrogen) atoms. The number of terminal acetylenes is 1. The van der Waals surface area contributed by atoms with Gasteiger partial charge in [0.2, 0.25) is 0 Å². The molecule has 0 radical (unpaired) electrons. The van der Waals surface area contributed by atoms with Crippen molar-refractivity contribution < 1.29 is 0 Å². The van der Waals surface area contributed by atoms with Gasteiger partial charge in [0.25, 0.3) is 0 Å². The van der Waals surface area contributed by atoms with E-state index >= 15 is 0 Å². The first-order chi connectivity index (χ1) is 4.83. The molecule has 0 N–H and O–H groups in total. The topological polar surface area (TPSA) is 0 Å². The van der Waals surface area contributed by atoms with Gasteiger partial charge in [0.05, 0.1) is 0 Å². The highest BCUT2D eigenvalue weighted by molar-refractivity contribution is 4.63. The summed E-state index contributed by atoms with van der Waals surface area (Å²) in [4.78, 5) is 0. The van der Waals surface area contributed by atoms with Crippen molar-refractivity contribution in [2.24, 2.45) is 0 Å². The number of rotatable bonds is 2. The minimum Gasteiger partial charge on any atom is -0.124 e. The molecular formula is C10H18. The Kier molecular flexibility index (Phi) is 69.1. The molecule has 0 unspecified atom stereocenters. The zero-order valence-corrected chi connectivity index (χ0v) is 7.14. The third-order valence-electron chi connectivity index (χ3n) is 0.493. The lowest BCUT2D eigenvalue weighted by Crippen LogP contribution is -1.52. The van der Waals surface area contributed by atoms with Crippen LogP contribution in [0.15, 0.2) is 25.3 Å². The van der Waals surface area contributed by atoms with Crippen LogP contribution in [0.3, 0.4) is 0 Å². The average Bonchev–Trinajstić information content (AvgIpc) is 1.96. The van der Waals surface area contributed by atoms with E-state index in [-0.39, 0.29) is 0 Å². The van der Waals surface area contributed by atoms with Crippen LogP contribution < -0.4 is 0 Å². The molecule has 0 aliphatic carbocycles. The largest absolute Gasteiger partial charge is 0.124 e. The summed E-state index contributed by atoms with van der Waals surface area (Å²) < 4.78 is 0. The average molecular weight is 138 g/mol. The van der Waals surface area contributed by atoms with Crippen molar-refractivity contribution in [1.29, 1.82) is 0 Å². The van der Waals surface area contributed by atoms with Crippen molar-refractivity contribution in [3.05, 3.63) is 25.3 Å². The van der Waals surface area contributed by atoms with Gasteiger partial charge in [0.15, 0.2) is 0 Å². The highest BCUT2D eigenvalue weighted by Crippen LogP contribution is 1.82. The summed E-state index contributed by atoms with van der Waals surface area (Å²) in [7, 11) is 0. The summed E-state index contributed by atoms with van der Waals surface area (Å²) in [6.45, 7) is 10.9. The first-order valence-corrected chi connectivity index (χ1v) is 3.34. The van der Waals surface area contributed by atoms with Crippen LogP contribution in [-0.2, 0) is 0 Å². The molecule has 58 valence electrons. The normalized spacial score (nSPS) is 5.20. The van der Waals surface area contributed by atoms with Crippen molar-refractivity contribution >= 4 is 0 Å². The molecular weight excluding hydrogens is 120 g/mol. The quantitative estimate of drug-likeness (QED) is 0.405. The fraction of sp³-hybridized carbons (Fsp3) is 0.400. The summed E-state index contributed by atoms with van der Waals surface area (Å²) in [5.41, 5.74) is 0. The Morgan fingerprint density at radius 3 is 1.60 bits per heavy atom. The van der Waals surface area contributed by atoms with Crippen molar-refractivity contribution in [2.75, 3.05) is 0 Å². The van der Waals surface area contributed by atoms with E-state index in [1.165, 1.54) is 6.42 Å². The second kappa shape index (κ2) is 43.1. The van der Waals surface area contributed by atoms with Gasteiger partial charge in [-0.3, -0.25) is 0 Å². The number of hydrogen-bond acceptors (Lipinski definition) is 0. The monoisotopic (exact) mass is 138 g/mol. The Labute approximate surface area is 65.7 Å². The van der Waals surface area contributed by atoms with Gasteiger partial charge in [-0.15, -0.1) is 26.0 Å². The van der Waals surface area contributed by atoms with E-state index in [4.69, 9.17) is 0 Å². The SMILES string of the molecule is C#C.C=CC.C=CCCC. The molecule has 0 bridgehead atoms. The second-order valence-corrected chi connectivity index (χ2v) is 1.49. The number of unbranched alkanes of at least 4 members (excludes halogenated alkanes) is 1. The summed E-state index contributed by atoms with van der Waals surface area (Å²) in [5.74, 6) is 0. The lowest BCUT2D eigenvalue weighted by atomic mass is 10.3. The predicted molar refractivity (Wildman–Crippen MR) is 50.9 cm³/mol. The molecule has 0 aromatic carbocycles. The molecule has 0 aromatic heterocycles. The van der Waals surface area contributed by atoms with Gasteiger partial charge in [0, 0.05) is 0 Å². The van der Waals surface area contributed by atoms with Gasteiger partial charge in [-0.1, -0.05) is 25.5 Å². The maximum atomic E-state index is 4.00. The van der Waals surface area contributed by atoms with Crippen LogP contribution >= 0.6 is 0 Å². The Hall–Kier alpha value is -0.960. The van der Waals surface area contributed by atoms with Gasteiger partial charge in [0.1, 0.15) is 0 Å². The van der Waals surface area contributed by atoms with Crippen molar-refractivity contribution in [2.45, 2.75) is 26.7 Å². The fourth-order valence-corrected chi connectivity index (χ4v) is 0.204. The molecule has 0 aromatic rings. The molecule has 0 rings (SSSR count). The first-order valence-electron chi connectivity index (χ1n) is 3.34. The molecule has 0 saturated heterocycles. The third-order valence-corrected chi connectivity index (χ3v) is 0.493. The Balaban J connectivity index is -0.0000000847. The van der Waals surface area contributed by atoms with Crippen LogP contribution in [0.25, 0.3) is 0 Å². The van der Waals surface area contributed by atoms with E-state index in [1.807, 2.05) is 13.0 Å². The second-order valence-electron chi connectivity index (χ2n) is 1.49. The molecule has 0 fully saturated rings. The van der Waals surface area contributed by atoms with Crippen LogP contribution in [0.4, 0.5) is 0 Å². The van der Waals surface area contributed by atoms with Gasteiger partial charge in [-0.2, -0.15) is 0 Å². The van der Waals surface area contributed by atoms with Crippen molar-refractivity contribution in [3.8, 4) is 12.8 Å². The molecule has 0 aliphatic heterocycles. The minimum absolute atomic E-state index is 1.15. The van der Waals surface area contributed by atoms with Crippen LogP contribution in [0, 0.1) is 12.8 Å². The van der Waals surface area contributed by atoms with E-state index in [0.29, 0.717) is 0 Å². The Bertz CT molecular complexity index is 67.4. The van der Waals surface area contributed by atoms with Gasteiger partial charge in [-0.05, 0) is 13.3 Å². The lowest BCUT2D eigenvalue weighted by Gasteiger charge is -1.72. The minimum atomic E-state index is 1.15. The fourth-order valence-electron chi connectivity index (χ4n) is 0.204. The van der Waals surface area contributed by atoms with E-state index < -0.39 is 0 Å². The molecule has 0 saturated carbocycles. The molecule has 0 nitrogen and oxygen atoms in total. The van der Waals surface area contributed by atoms with Gasteiger partial charge < -0.3 is 0 Å². The molecule has 0 aliphatic rings. The van der Waals surface area contributed by atoms with E-state index in [9.17, 15) is 0 Å². The highest BCUT2D eigenvalue weighted by atomic mass is 13.7. The van der Waals surface area contributed by atoms with Crippen LogP contribution in [0.5, 0.6) is 0 Å². The molecule has 0 atom stereocenters. The Morgan fingerprint density at radius 1 is 1.30 bits per heavy atom. The summed E-state index contributed by atoms with van der Waals surface area (Å²) in [5, 5.41) is 0. The van der Waals surface area contributed by atoms with E-state index in [1.54, 1.807) is 6.08 Å². The Morgan fingerprint density at radius 2 is 1.60 bits per heavy atom. The highest BCUT2D eigenvalue weighted by Gasteiger charge is 1.61. The number of hydrogen-bond donors (Lipinski definition) is 0. The van der Waals surface area contributed by atoms with E-state index in [2.05, 4.69) is 32.9 Å². The molecule has 0 heterocycles. The van der Waals surface area contributed by atoms with Crippen LogP contribution in [0.1, 0.15) is 26.7 Å². The third kappa shape index (κ3) is 237. The standard InChI is InChI=1S/C5H10.C3H6.C2H2/c1-3-5-4-2;1-3-2;1-2/h3H,1,4-5H2,2H3;3H,1H2,2H3;1-2H. The molecule has 0 amide bonds. The molecule has 0 heteroatoms. The zero-order chi connectivity index (χ0) is 8.83. The summed E-state index contributed by atoms with van der Waals surface area (Å²) in [6, 6.07) is 0. The van der Waals surface area contributed by atoms with Crippen molar-refractivity contribution in [3.63, 3.8) is 0 Å². The lowest BCUT2D eigenvalue weighted by molar-refractivity contribution is 0.961. The van der Waals surface area contributed by atoms with E-state index in [0.717, 1.165) is 6.42 Å². The van der Waals surface area contributed by atoms with Crippen molar-refractivity contribution in [1.82, 2.24) is 0 Å². The number of allylic oxidation sites excluding steroid dienone is 2. The summed E-state index contributed by atoms with van der Waals surface area (Å²) >= 11 is 0. The molecule has 0 spiro atoms. The maximum absolute atomic E-state index is 4.00. The van der Waals surface area contributed by atoms with Gasteiger partial charge in [-0.25, -0.2) is 0 Å². The first kappa shape index (κ1) is 16.0. The maximum Gasteiger partial charge on any atom is -0.0356 e. The zero-order valence-electron chi connectivity index (χ0n) is 7.14. The van der Waals surface area contributed by atoms with Gasteiger partial charge >= 0.3 is 0 Å². The summed E-state index contributed by atoms with van der Waals surface area (Å²) in [6.07, 6.45) is 14.1.